The van der Waals surface area contributed by atoms with Crippen molar-refractivity contribution in [2.75, 3.05) is 26.2 Å². The highest BCUT2D eigenvalue weighted by atomic mass is 16.5. The summed E-state index contributed by atoms with van der Waals surface area (Å²) in [6, 6.07) is -0.225. The predicted molar refractivity (Wildman–Crippen MR) is 75.2 cm³/mol. The van der Waals surface area contributed by atoms with Gasteiger partial charge in [0.05, 0.1) is 18.8 Å². The van der Waals surface area contributed by atoms with E-state index in [2.05, 4.69) is 17.1 Å². The number of ether oxygens (including phenoxy) is 1. The molecule has 3 unspecified atom stereocenters. The second-order valence-electron chi connectivity index (χ2n) is 6.73. The highest BCUT2D eigenvalue weighted by molar-refractivity contribution is 5.81. The van der Waals surface area contributed by atoms with E-state index in [1.165, 1.54) is 12.8 Å². The average molecular weight is 282 g/mol. The Morgan fingerprint density at radius 1 is 1.30 bits per heavy atom. The van der Waals surface area contributed by atoms with Gasteiger partial charge in [-0.05, 0) is 44.7 Å². The fraction of sp³-hybridized carbons (Fsp3) is 0.933. The number of piperidine rings is 1. The van der Waals surface area contributed by atoms with Gasteiger partial charge in [-0.15, -0.1) is 0 Å². The predicted octanol–water partition coefficient (Wildman–Crippen LogP) is 0.373. The number of nitrogens with zero attached hydrogens (tertiary/aromatic N) is 1. The van der Waals surface area contributed by atoms with Gasteiger partial charge in [-0.1, -0.05) is 6.92 Å². The van der Waals surface area contributed by atoms with E-state index >= 15 is 0 Å². The van der Waals surface area contributed by atoms with Gasteiger partial charge in [-0.25, -0.2) is 0 Å². The molecule has 3 rings (SSSR count). The lowest BCUT2D eigenvalue weighted by molar-refractivity contribution is -0.123. The number of nitrogens with one attached hydrogen (secondary N) is 1. The molecule has 2 heterocycles. The number of carbonyl (C=O) groups is 1. The molecule has 1 aliphatic carbocycles. The fourth-order valence-electron chi connectivity index (χ4n) is 3.12. The van der Waals surface area contributed by atoms with Crippen LogP contribution >= 0.6 is 0 Å². The number of rotatable bonds is 4. The average Bonchev–Trinajstić information content (AvgIpc) is 3.23. The Bertz CT molecular complexity index is 351. The molecule has 2 aliphatic heterocycles. The summed E-state index contributed by atoms with van der Waals surface area (Å²) in [6.07, 6.45) is 3.70. The van der Waals surface area contributed by atoms with Crippen molar-refractivity contribution >= 4 is 5.91 Å². The van der Waals surface area contributed by atoms with E-state index in [9.17, 15) is 9.90 Å². The first-order chi connectivity index (χ1) is 9.63. The lowest BCUT2D eigenvalue weighted by Crippen LogP contribution is -2.48. The van der Waals surface area contributed by atoms with Crippen molar-refractivity contribution in [3.8, 4) is 0 Å². The van der Waals surface area contributed by atoms with Crippen molar-refractivity contribution in [2.45, 2.75) is 50.9 Å². The second-order valence-corrected chi connectivity index (χ2v) is 6.73. The van der Waals surface area contributed by atoms with Crippen LogP contribution in [0.15, 0.2) is 0 Å². The molecule has 0 aromatic rings. The third kappa shape index (κ3) is 3.32. The minimum atomic E-state index is -0.572. The van der Waals surface area contributed by atoms with Crippen LogP contribution in [-0.4, -0.2) is 60.4 Å². The molecule has 2 saturated heterocycles. The van der Waals surface area contributed by atoms with Crippen LogP contribution in [0.3, 0.4) is 0 Å². The van der Waals surface area contributed by atoms with Gasteiger partial charge in [0.15, 0.2) is 0 Å². The van der Waals surface area contributed by atoms with E-state index in [1.54, 1.807) is 0 Å². The Morgan fingerprint density at radius 3 is 2.65 bits per heavy atom. The summed E-state index contributed by atoms with van der Waals surface area (Å²) in [6.45, 7) is 5.69. The summed E-state index contributed by atoms with van der Waals surface area (Å²) in [5.74, 6) is 1.08. The van der Waals surface area contributed by atoms with Crippen molar-refractivity contribution in [1.82, 2.24) is 10.2 Å². The molecule has 3 atom stereocenters. The number of carbonyl (C=O) groups excluding carboxylic acids is 1. The van der Waals surface area contributed by atoms with Crippen LogP contribution in [0, 0.1) is 11.8 Å². The van der Waals surface area contributed by atoms with Gasteiger partial charge in [-0.3, -0.25) is 4.79 Å². The Morgan fingerprint density at radius 2 is 2.00 bits per heavy atom. The highest BCUT2D eigenvalue weighted by Crippen LogP contribution is 2.29. The normalized spacial score (nSPS) is 36.2. The zero-order chi connectivity index (χ0) is 14.1. The van der Waals surface area contributed by atoms with Crippen molar-refractivity contribution in [1.29, 1.82) is 0 Å². The van der Waals surface area contributed by atoms with Crippen LogP contribution in [0.5, 0.6) is 0 Å². The molecule has 5 heteroatoms. The van der Waals surface area contributed by atoms with Crippen LogP contribution < -0.4 is 5.32 Å². The first-order valence-electron chi connectivity index (χ1n) is 7.96. The van der Waals surface area contributed by atoms with Gasteiger partial charge in [0, 0.05) is 12.5 Å². The van der Waals surface area contributed by atoms with E-state index in [4.69, 9.17) is 4.74 Å². The highest BCUT2D eigenvalue weighted by Gasteiger charge is 2.40. The topological polar surface area (TPSA) is 61.8 Å². The van der Waals surface area contributed by atoms with Crippen LogP contribution in [-0.2, 0) is 9.53 Å². The maximum atomic E-state index is 11.8. The Labute approximate surface area is 120 Å². The standard InChI is InChI=1S/C15H26N2O3/c1-10-4-6-17(7-5-10)8-13-14(18)12(9-20-13)16-15(19)11-2-3-11/h10-14,18H,2-9H2,1H3,(H,16,19). The van der Waals surface area contributed by atoms with Crippen molar-refractivity contribution in [2.24, 2.45) is 11.8 Å². The van der Waals surface area contributed by atoms with Gasteiger partial charge in [0.2, 0.25) is 5.91 Å². The second kappa shape index (κ2) is 6.00. The molecule has 1 amide bonds. The number of amides is 1. The fourth-order valence-corrected chi connectivity index (χ4v) is 3.12. The van der Waals surface area contributed by atoms with Gasteiger partial charge >= 0.3 is 0 Å². The Balaban J connectivity index is 1.45. The van der Waals surface area contributed by atoms with Crippen molar-refractivity contribution < 1.29 is 14.6 Å². The molecule has 5 nitrogen and oxygen atoms in total. The zero-order valence-electron chi connectivity index (χ0n) is 12.3. The number of aliphatic hydroxyl groups is 1. The maximum Gasteiger partial charge on any atom is 0.223 e. The molecule has 0 bridgehead atoms. The van der Waals surface area contributed by atoms with Crippen LogP contribution in [0.25, 0.3) is 0 Å². The molecule has 3 fully saturated rings. The molecule has 0 aromatic carbocycles. The van der Waals surface area contributed by atoms with E-state index in [1.807, 2.05) is 0 Å². The molecule has 2 N–H and O–H groups in total. The Hall–Kier alpha value is -0.650. The summed E-state index contributed by atoms with van der Waals surface area (Å²) < 4.78 is 5.70. The molecule has 20 heavy (non-hydrogen) atoms. The number of aliphatic hydroxyl groups excluding tert-OH is 1. The number of hydrogen-bond donors (Lipinski definition) is 2. The number of likely N-dealkylation sites (tertiary alicyclic amines) is 1. The lowest BCUT2D eigenvalue weighted by Gasteiger charge is -2.32. The van der Waals surface area contributed by atoms with Crippen molar-refractivity contribution in [3.05, 3.63) is 0 Å². The van der Waals surface area contributed by atoms with E-state index in [-0.39, 0.29) is 24.0 Å². The molecule has 114 valence electrons. The quantitative estimate of drug-likeness (QED) is 0.782. The summed E-state index contributed by atoms with van der Waals surface area (Å²) in [4.78, 5) is 14.1. The molecule has 3 aliphatic rings. The molecule has 1 saturated carbocycles. The first kappa shape index (κ1) is 14.3. The summed E-state index contributed by atoms with van der Waals surface area (Å²) >= 11 is 0. The summed E-state index contributed by atoms with van der Waals surface area (Å²) in [5, 5.41) is 13.2. The number of hydrogen-bond acceptors (Lipinski definition) is 4. The van der Waals surface area contributed by atoms with Crippen LogP contribution in [0.1, 0.15) is 32.6 Å². The van der Waals surface area contributed by atoms with Gasteiger partial charge in [-0.2, -0.15) is 0 Å². The third-order valence-corrected chi connectivity index (χ3v) is 4.87. The van der Waals surface area contributed by atoms with Gasteiger partial charge < -0.3 is 20.1 Å². The molecule has 0 aromatic heterocycles. The largest absolute Gasteiger partial charge is 0.388 e. The van der Waals surface area contributed by atoms with E-state index in [0.29, 0.717) is 6.61 Å². The lowest BCUT2D eigenvalue weighted by atomic mass is 9.98. The summed E-state index contributed by atoms with van der Waals surface area (Å²) in [7, 11) is 0. The zero-order valence-corrected chi connectivity index (χ0v) is 12.3. The SMILES string of the molecule is CC1CCN(CC2OCC(NC(=O)C3CC3)C2O)CC1. The molecular formula is C15H26N2O3. The smallest absolute Gasteiger partial charge is 0.223 e. The van der Waals surface area contributed by atoms with Gasteiger partial charge in [0.25, 0.3) is 0 Å². The van der Waals surface area contributed by atoms with E-state index in [0.717, 1.165) is 38.4 Å². The Kier molecular flexibility index (Phi) is 4.29. The molecular weight excluding hydrogens is 256 g/mol. The minimum absolute atomic E-state index is 0.0881. The van der Waals surface area contributed by atoms with Crippen LogP contribution in [0.4, 0.5) is 0 Å². The summed E-state index contributed by atoms with van der Waals surface area (Å²) in [5.41, 5.74) is 0. The van der Waals surface area contributed by atoms with Gasteiger partial charge in [0.1, 0.15) is 6.10 Å². The third-order valence-electron chi connectivity index (χ3n) is 4.87. The maximum absolute atomic E-state index is 11.8. The monoisotopic (exact) mass is 282 g/mol. The van der Waals surface area contributed by atoms with Crippen molar-refractivity contribution in [3.63, 3.8) is 0 Å². The first-order valence-corrected chi connectivity index (χ1v) is 7.96. The molecule has 0 spiro atoms. The van der Waals surface area contributed by atoms with E-state index < -0.39 is 6.10 Å². The molecule has 0 radical (unpaired) electrons. The van der Waals surface area contributed by atoms with Crippen LogP contribution in [0.2, 0.25) is 0 Å². The minimum Gasteiger partial charge on any atom is -0.388 e.